The van der Waals surface area contributed by atoms with Gasteiger partial charge in [-0.2, -0.15) is 0 Å². The molecular weight excluding hydrogens is 561 g/mol. The average Bonchev–Trinajstić information content (AvgIpc) is 3.77. The molecule has 0 fully saturated rings. The molecule has 4 heteroatoms. The lowest BCUT2D eigenvalue weighted by molar-refractivity contribution is 1.89. The first kappa shape index (κ1) is 23.0. The monoisotopic (exact) mass is 580 g/mol. The molecule has 0 N–H and O–H groups in total. The molecule has 0 aliphatic carbocycles. The van der Waals surface area contributed by atoms with Gasteiger partial charge in [-0.15, -0.1) is 45.3 Å². The highest BCUT2D eigenvalue weighted by atomic mass is 32.1. The molecule has 0 atom stereocenters. The molecule has 0 aliphatic heterocycles. The van der Waals surface area contributed by atoms with Crippen molar-refractivity contribution in [1.29, 1.82) is 0 Å². The van der Waals surface area contributed by atoms with Crippen LogP contribution in [0, 0.1) is 0 Å². The zero-order chi connectivity index (χ0) is 26.2. The normalized spacial score (nSPS) is 12.0. The summed E-state index contributed by atoms with van der Waals surface area (Å²) in [4.78, 5) is 0. The Kier molecular flexibility index (Phi) is 5.08. The van der Waals surface area contributed by atoms with Crippen LogP contribution in [-0.4, -0.2) is 0 Å². The van der Waals surface area contributed by atoms with Gasteiger partial charge in [-0.25, -0.2) is 0 Å². The van der Waals surface area contributed by atoms with E-state index in [4.69, 9.17) is 0 Å². The van der Waals surface area contributed by atoms with Gasteiger partial charge >= 0.3 is 0 Å². The van der Waals surface area contributed by atoms with Crippen LogP contribution in [-0.2, 0) is 0 Å². The average molecular weight is 581 g/mol. The molecule has 0 aliphatic rings. The van der Waals surface area contributed by atoms with Gasteiger partial charge in [0.2, 0.25) is 0 Å². The Hall–Kier alpha value is -3.80. The third-order valence-corrected chi connectivity index (χ3v) is 11.4. The number of benzene rings is 6. The van der Waals surface area contributed by atoms with Crippen molar-refractivity contribution < 1.29 is 0 Å². The summed E-state index contributed by atoms with van der Waals surface area (Å²) in [5, 5.41) is 24.7. The van der Waals surface area contributed by atoms with Crippen LogP contribution in [0.25, 0.3) is 83.4 Å². The van der Waals surface area contributed by atoms with E-state index in [1.807, 2.05) is 45.3 Å². The van der Waals surface area contributed by atoms with Crippen molar-refractivity contribution in [3.05, 3.63) is 119 Å². The summed E-state index contributed by atoms with van der Waals surface area (Å²) >= 11 is 7.25. The van der Waals surface area contributed by atoms with Crippen LogP contribution in [0.1, 0.15) is 0 Å². The molecule has 40 heavy (non-hydrogen) atoms. The minimum Gasteiger partial charge on any atom is -0.144 e. The van der Waals surface area contributed by atoms with Crippen LogP contribution in [0.2, 0.25) is 0 Å². The summed E-state index contributed by atoms with van der Waals surface area (Å²) in [7, 11) is 0. The predicted octanol–water partition coefficient (Wildman–Crippen LogP) is 12.8. The number of fused-ring (bicyclic) bond motifs is 8. The standard InChI is InChI=1S/2C18H10S2/c2*1-3-19-17-9-15-8-14-6-12-2-4-20-18(12)10-16(14)7-13(15)5-11(1)17/h2*1-10H. The van der Waals surface area contributed by atoms with Crippen LogP contribution in [0.4, 0.5) is 0 Å². The highest BCUT2D eigenvalue weighted by Gasteiger charge is 2.06. The van der Waals surface area contributed by atoms with Crippen LogP contribution in [0.3, 0.4) is 0 Å². The highest BCUT2D eigenvalue weighted by Crippen LogP contribution is 2.34. The second-order valence-corrected chi connectivity index (χ2v) is 14.1. The van der Waals surface area contributed by atoms with Gasteiger partial charge in [0.15, 0.2) is 0 Å². The van der Waals surface area contributed by atoms with E-state index in [0.717, 1.165) is 0 Å². The first-order valence-electron chi connectivity index (χ1n) is 13.2. The Morgan fingerprint density at radius 2 is 0.425 bits per heavy atom. The quantitative estimate of drug-likeness (QED) is 0.157. The van der Waals surface area contributed by atoms with Gasteiger partial charge in [0.1, 0.15) is 0 Å². The summed E-state index contributed by atoms with van der Waals surface area (Å²) in [5.41, 5.74) is 0. The Balaban J connectivity index is 0.000000115. The topological polar surface area (TPSA) is 0 Å². The molecule has 10 aromatic rings. The Morgan fingerprint density at radius 1 is 0.225 bits per heavy atom. The lowest BCUT2D eigenvalue weighted by atomic mass is 10.0. The van der Waals surface area contributed by atoms with Crippen molar-refractivity contribution in [3.63, 3.8) is 0 Å². The summed E-state index contributed by atoms with van der Waals surface area (Å²) in [6.45, 7) is 0. The van der Waals surface area contributed by atoms with Gasteiger partial charge in [-0.1, -0.05) is 0 Å². The van der Waals surface area contributed by atoms with Crippen molar-refractivity contribution in [2.45, 2.75) is 0 Å². The predicted molar refractivity (Wildman–Crippen MR) is 184 cm³/mol. The fourth-order valence-corrected chi connectivity index (χ4v) is 9.12. The maximum absolute atomic E-state index is 2.32. The highest BCUT2D eigenvalue weighted by molar-refractivity contribution is 7.18. The largest absolute Gasteiger partial charge is 0.144 e. The van der Waals surface area contributed by atoms with Gasteiger partial charge in [-0.05, 0) is 183 Å². The third-order valence-electron chi connectivity index (χ3n) is 7.88. The SMILES string of the molecule is c1cc2cc3cc4cc5sccc5cc4cc3cc2s1.c1cc2cc3cc4cc5sccc5cc4cc3cc2s1. The van der Waals surface area contributed by atoms with Crippen LogP contribution >= 0.6 is 45.3 Å². The summed E-state index contributed by atoms with van der Waals surface area (Å²) in [5.74, 6) is 0. The molecular formula is C36H20S4. The minimum atomic E-state index is 1.33. The van der Waals surface area contributed by atoms with Crippen LogP contribution in [0.5, 0.6) is 0 Å². The lowest BCUT2D eigenvalue weighted by Gasteiger charge is -2.04. The number of hydrogen-bond acceptors (Lipinski definition) is 4. The van der Waals surface area contributed by atoms with Crippen LogP contribution < -0.4 is 0 Å². The fourth-order valence-electron chi connectivity index (χ4n) is 5.84. The zero-order valence-corrected chi connectivity index (χ0v) is 24.4. The van der Waals surface area contributed by atoms with Gasteiger partial charge in [0.05, 0.1) is 0 Å². The van der Waals surface area contributed by atoms with E-state index in [9.17, 15) is 0 Å². The fraction of sp³-hybridized carbons (Fsp3) is 0. The molecule has 0 amide bonds. The van der Waals surface area contributed by atoms with E-state index < -0.39 is 0 Å². The molecule has 6 aromatic carbocycles. The molecule has 188 valence electrons. The second-order valence-electron chi connectivity index (χ2n) is 10.3. The van der Waals surface area contributed by atoms with Gasteiger partial charge in [-0.3, -0.25) is 0 Å². The maximum atomic E-state index is 2.32. The van der Waals surface area contributed by atoms with Crippen molar-refractivity contribution in [1.82, 2.24) is 0 Å². The summed E-state index contributed by atoms with van der Waals surface area (Å²) < 4.78 is 5.48. The molecule has 0 saturated carbocycles. The first-order valence-corrected chi connectivity index (χ1v) is 16.7. The molecule has 0 radical (unpaired) electrons. The molecule has 0 saturated heterocycles. The summed E-state index contributed by atoms with van der Waals surface area (Å²) in [6.07, 6.45) is 0. The minimum absolute atomic E-state index is 1.33. The number of rotatable bonds is 0. The molecule has 0 nitrogen and oxygen atoms in total. The van der Waals surface area contributed by atoms with E-state index in [1.54, 1.807) is 0 Å². The Morgan fingerprint density at radius 3 is 0.675 bits per heavy atom. The Bertz CT molecular complexity index is 2030. The summed E-state index contributed by atoms with van der Waals surface area (Å²) in [6, 6.07) is 36.6. The van der Waals surface area contributed by atoms with Crippen LogP contribution in [0.15, 0.2) is 119 Å². The van der Waals surface area contributed by atoms with Gasteiger partial charge in [0.25, 0.3) is 0 Å². The van der Waals surface area contributed by atoms with Gasteiger partial charge in [0, 0.05) is 18.8 Å². The first-order chi connectivity index (χ1) is 19.7. The maximum Gasteiger partial charge on any atom is 0.0349 e. The van der Waals surface area contributed by atoms with Crippen molar-refractivity contribution in [3.8, 4) is 0 Å². The van der Waals surface area contributed by atoms with E-state index in [2.05, 4.69) is 119 Å². The molecule has 0 spiro atoms. The molecule has 4 aromatic heterocycles. The van der Waals surface area contributed by atoms with Crippen molar-refractivity contribution in [2.75, 3.05) is 0 Å². The van der Waals surface area contributed by atoms with E-state index in [-0.39, 0.29) is 0 Å². The molecule has 10 rings (SSSR count). The molecule has 4 heterocycles. The van der Waals surface area contributed by atoms with Crippen molar-refractivity contribution >= 4 is 129 Å². The van der Waals surface area contributed by atoms with Gasteiger partial charge < -0.3 is 0 Å². The third kappa shape index (κ3) is 3.75. The van der Waals surface area contributed by atoms with Crippen molar-refractivity contribution in [2.24, 2.45) is 0 Å². The van der Waals surface area contributed by atoms with E-state index in [0.29, 0.717) is 0 Å². The second kappa shape index (κ2) is 8.85. The smallest absolute Gasteiger partial charge is 0.0349 e. The number of hydrogen-bond donors (Lipinski definition) is 0. The zero-order valence-electron chi connectivity index (χ0n) is 21.2. The number of thiophene rings is 4. The lowest BCUT2D eigenvalue weighted by Crippen LogP contribution is -1.76. The van der Waals surface area contributed by atoms with E-state index >= 15 is 0 Å². The van der Waals surface area contributed by atoms with E-state index in [1.165, 1.54) is 83.4 Å². The Labute approximate surface area is 246 Å². The molecule has 0 bridgehead atoms. The molecule has 0 unspecified atom stereocenters.